The summed E-state index contributed by atoms with van der Waals surface area (Å²) in [5.41, 5.74) is 3.76. The number of hydrogen-bond acceptors (Lipinski definition) is 2. The molecule has 39 heavy (non-hydrogen) atoms. The summed E-state index contributed by atoms with van der Waals surface area (Å²) in [5, 5.41) is 5.72. The van der Waals surface area contributed by atoms with Crippen molar-refractivity contribution in [3.8, 4) is 0 Å². The second-order valence-electron chi connectivity index (χ2n) is 10.7. The molecule has 6 heteroatoms. The van der Waals surface area contributed by atoms with E-state index in [0.717, 1.165) is 24.0 Å². The maximum Gasteiger partial charge on any atom is 0.251 e. The Balaban J connectivity index is 1.35. The van der Waals surface area contributed by atoms with Crippen molar-refractivity contribution < 1.29 is 18.4 Å². The third-order valence-electron chi connectivity index (χ3n) is 6.67. The van der Waals surface area contributed by atoms with Crippen LogP contribution in [0.4, 0.5) is 8.78 Å². The number of rotatable bonds is 12. The van der Waals surface area contributed by atoms with E-state index in [1.807, 2.05) is 36.4 Å². The van der Waals surface area contributed by atoms with Gasteiger partial charge in [-0.15, -0.1) is 0 Å². The molecule has 4 nitrogen and oxygen atoms in total. The van der Waals surface area contributed by atoms with Crippen LogP contribution in [0.5, 0.6) is 0 Å². The molecule has 0 heterocycles. The van der Waals surface area contributed by atoms with Gasteiger partial charge in [0.25, 0.3) is 5.91 Å². The highest BCUT2D eigenvalue weighted by molar-refractivity contribution is 5.94. The third kappa shape index (κ3) is 9.78. The predicted octanol–water partition coefficient (Wildman–Crippen LogP) is 7.06. The Hall–Kier alpha value is -3.80. The number of hydrogen-bond donors (Lipinski definition) is 2. The Morgan fingerprint density at radius 1 is 0.744 bits per heavy atom. The Morgan fingerprint density at radius 2 is 1.26 bits per heavy atom. The van der Waals surface area contributed by atoms with Gasteiger partial charge in [-0.05, 0) is 71.3 Å². The molecule has 0 radical (unpaired) electrons. The van der Waals surface area contributed by atoms with Crippen molar-refractivity contribution in [3.63, 3.8) is 0 Å². The lowest BCUT2D eigenvalue weighted by Crippen LogP contribution is -2.25. The van der Waals surface area contributed by atoms with Crippen LogP contribution in [0.2, 0.25) is 0 Å². The first-order chi connectivity index (χ1) is 18.6. The Kier molecular flexibility index (Phi) is 11.0. The topological polar surface area (TPSA) is 58.2 Å². The van der Waals surface area contributed by atoms with Gasteiger partial charge in [0.1, 0.15) is 11.6 Å². The number of halogens is 2. The van der Waals surface area contributed by atoms with E-state index in [0.29, 0.717) is 31.5 Å². The third-order valence-corrected chi connectivity index (χ3v) is 6.67. The van der Waals surface area contributed by atoms with Crippen LogP contribution < -0.4 is 10.6 Å². The molecule has 0 aromatic heterocycles. The second-order valence-corrected chi connectivity index (χ2v) is 10.7. The molecule has 0 saturated carbocycles. The van der Waals surface area contributed by atoms with Gasteiger partial charge in [-0.3, -0.25) is 9.59 Å². The summed E-state index contributed by atoms with van der Waals surface area (Å²) >= 11 is 0. The van der Waals surface area contributed by atoms with Gasteiger partial charge in [0.05, 0.1) is 0 Å². The number of carbonyl (C=O) groups is 2. The van der Waals surface area contributed by atoms with Crippen molar-refractivity contribution >= 4 is 11.8 Å². The molecule has 0 fully saturated rings. The molecule has 0 spiro atoms. The minimum Gasteiger partial charge on any atom is -0.353 e. The summed E-state index contributed by atoms with van der Waals surface area (Å²) in [7, 11) is 0. The molecule has 0 aliphatic heterocycles. The molecule has 3 aromatic rings. The van der Waals surface area contributed by atoms with Gasteiger partial charge < -0.3 is 10.6 Å². The predicted molar refractivity (Wildman–Crippen MR) is 153 cm³/mol. The molecular formula is C33H38F2N2O2. The molecule has 0 aliphatic rings. The molecule has 0 unspecified atom stereocenters. The maximum absolute atomic E-state index is 13.4. The van der Waals surface area contributed by atoms with Gasteiger partial charge >= 0.3 is 0 Å². The summed E-state index contributed by atoms with van der Waals surface area (Å²) in [5.74, 6) is -0.762. The minimum atomic E-state index is -0.296. The van der Waals surface area contributed by atoms with E-state index in [2.05, 4.69) is 31.4 Å². The summed E-state index contributed by atoms with van der Waals surface area (Å²) in [6.07, 6.45) is 6.30. The first-order valence-corrected chi connectivity index (χ1v) is 13.4. The zero-order valence-corrected chi connectivity index (χ0v) is 23.0. The second kappa shape index (κ2) is 14.4. The Bertz CT molecular complexity index is 1180. The van der Waals surface area contributed by atoms with Crippen LogP contribution in [-0.4, -0.2) is 24.9 Å². The minimum absolute atomic E-state index is 0.00355. The molecule has 0 saturated heterocycles. The Labute approximate surface area is 230 Å². The number of benzene rings is 3. The Morgan fingerprint density at radius 3 is 1.77 bits per heavy atom. The largest absolute Gasteiger partial charge is 0.353 e. The molecular weight excluding hydrogens is 494 g/mol. The van der Waals surface area contributed by atoms with Gasteiger partial charge in [-0.2, -0.15) is 0 Å². The first-order valence-electron chi connectivity index (χ1n) is 13.4. The number of nitrogens with one attached hydrogen (secondary N) is 2. The van der Waals surface area contributed by atoms with Crippen LogP contribution in [-0.2, 0) is 10.2 Å². The number of amides is 2. The standard InChI is InChI=1S/C33H38F2N2O2/c1-33(2,3)27-16-10-26(11-17-27)32(39)37-23-7-6-22-36-31(38)9-5-4-8-30(24-12-18-28(34)19-13-24)25-14-20-29(35)21-15-25/h6-7,10-21,30H,4-5,8-9,22-23H2,1-3H3,(H,36,38)(H,37,39). The SMILES string of the molecule is CC(C)(C)c1ccc(C(=O)NCC=CCNC(=O)CCCCC(c2ccc(F)cc2)c2ccc(F)cc2)cc1. The monoisotopic (exact) mass is 532 g/mol. The molecule has 0 bridgehead atoms. The fourth-order valence-electron chi connectivity index (χ4n) is 4.35. The van der Waals surface area contributed by atoms with Gasteiger partial charge in [0.2, 0.25) is 5.91 Å². The van der Waals surface area contributed by atoms with E-state index in [9.17, 15) is 18.4 Å². The van der Waals surface area contributed by atoms with Crippen LogP contribution in [0, 0.1) is 11.6 Å². The highest BCUT2D eigenvalue weighted by Gasteiger charge is 2.15. The van der Waals surface area contributed by atoms with Crippen molar-refractivity contribution in [1.82, 2.24) is 10.6 Å². The lowest BCUT2D eigenvalue weighted by atomic mass is 9.87. The zero-order chi connectivity index (χ0) is 28.3. The smallest absolute Gasteiger partial charge is 0.251 e. The summed E-state index contributed by atoms with van der Waals surface area (Å²) in [6, 6.07) is 20.4. The van der Waals surface area contributed by atoms with Crippen molar-refractivity contribution in [3.05, 3.63) is 119 Å². The quantitative estimate of drug-likeness (QED) is 0.194. The summed E-state index contributed by atoms with van der Waals surface area (Å²) in [4.78, 5) is 24.5. The molecule has 2 N–H and O–H groups in total. The molecule has 3 aromatic carbocycles. The number of carbonyl (C=O) groups excluding carboxylic acids is 2. The van der Waals surface area contributed by atoms with Crippen LogP contribution in [0.15, 0.2) is 84.9 Å². The molecule has 206 valence electrons. The van der Waals surface area contributed by atoms with Gasteiger partial charge in [0.15, 0.2) is 0 Å². The fourth-order valence-corrected chi connectivity index (χ4v) is 4.35. The van der Waals surface area contributed by atoms with Crippen molar-refractivity contribution in [2.45, 2.75) is 57.8 Å². The van der Waals surface area contributed by atoms with Gasteiger partial charge in [-0.25, -0.2) is 8.78 Å². The van der Waals surface area contributed by atoms with Crippen LogP contribution in [0.25, 0.3) is 0 Å². The van der Waals surface area contributed by atoms with E-state index < -0.39 is 0 Å². The van der Waals surface area contributed by atoms with Crippen LogP contribution in [0.3, 0.4) is 0 Å². The van der Waals surface area contributed by atoms with Crippen LogP contribution >= 0.6 is 0 Å². The lowest BCUT2D eigenvalue weighted by Gasteiger charge is -2.19. The highest BCUT2D eigenvalue weighted by atomic mass is 19.1. The number of unbranched alkanes of at least 4 members (excludes halogenated alkanes) is 1. The van der Waals surface area contributed by atoms with Crippen molar-refractivity contribution in [2.24, 2.45) is 0 Å². The van der Waals surface area contributed by atoms with Crippen molar-refractivity contribution in [2.75, 3.05) is 13.1 Å². The highest BCUT2D eigenvalue weighted by Crippen LogP contribution is 2.30. The summed E-state index contributed by atoms with van der Waals surface area (Å²) in [6.45, 7) is 7.17. The van der Waals surface area contributed by atoms with Gasteiger partial charge in [-0.1, -0.05) is 75.7 Å². The van der Waals surface area contributed by atoms with Gasteiger partial charge in [0, 0.05) is 31.0 Å². The van der Waals surface area contributed by atoms with Crippen LogP contribution in [0.1, 0.15) is 79.4 Å². The lowest BCUT2D eigenvalue weighted by molar-refractivity contribution is -0.121. The average Bonchev–Trinajstić information content (AvgIpc) is 2.91. The summed E-state index contributed by atoms with van der Waals surface area (Å²) < 4.78 is 26.8. The maximum atomic E-state index is 13.4. The fraction of sp³-hybridized carbons (Fsp3) is 0.333. The zero-order valence-electron chi connectivity index (χ0n) is 23.0. The van der Waals surface area contributed by atoms with E-state index in [-0.39, 0.29) is 34.8 Å². The normalized spacial score (nSPS) is 11.6. The van der Waals surface area contributed by atoms with Crippen molar-refractivity contribution in [1.29, 1.82) is 0 Å². The molecule has 3 rings (SSSR count). The molecule has 0 aliphatic carbocycles. The van der Waals surface area contributed by atoms with E-state index in [1.54, 1.807) is 24.3 Å². The average molecular weight is 533 g/mol. The van der Waals surface area contributed by atoms with E-state index in [4.69, 9.17) is 0 Å². The molecule has 2 amide bonds. The first kappa shape index (κ1) is 29.8. The molecule has 0 atom stereocenters. The van der Waals surface area contributed by atoms with E-state index >= 15 is 0 Å². The van der Waals surface area contributed by atoms with E-state index in [1.165, 1.54) is 29.8 Å².